The van der Waals surface area contributed by atoms with Crippen molar-refractivity contribution in [2.24, 2.45) is 0 Å². The van der Waals surface area contributed by atoms with Crippen LogP contribution in [0.3, 0.4) is 0 Å². The normalized spacial score (nSPS) is 17.1. The van der Waals surface area contributed by atoms with Gasteiger partial charge in [0.2, 0.25) is 5.91 Å². The van der Waals surface area contributed by atoms with E-state index in [1.54, 1.807) is 26.0 Å². The van der Waals surface area contributed by atoms with Crippen LogP contribution in [0.5, 0.6) is 11.5 Å². The number of fused-ring (bicyclic) bond motifs is 1. The third kappa shape index (κ3) is 4.49. The van der Waals surface area contributed by atoms with Crippen LogP contribution in [0.25, 0.3) is 0 Å². The SMILES string of the molecule is CCOC(=O)N1CCN(CC(=O)N2CCc3cc(OC)c(OC)cc3C2)CC1. The van der Waals surface area contributed by atoms with Crippen molar-refractivity contribution in [2.75, 3.05) is 60.1 Å². The fourth-order valence-corrected chi connectivity index (χ4v) is 3.69. The van der Waals surface area contributed by atoms with Crippen LogP contribution in [0.15, 0.2) is 12.1 Å². The summed E-state index contributed by atoms with van der Waals surface area (Å²) in [6, 6.07) is 3.97. The molecule has 8 heteroatoms. The first-order chi connectivity index (χ1) is 13.5. The topological polar surface area (TPSA) is 71.6 Å². The number of benzene rings is 1. The van der Waals surface area contributed by atoms with E-state index in [2.05, 4.69) is 4.90 Å². The standard InChI is InChI=1S/C20H29N3O5/c1-4-28-20(25)22-9-7-21(8-10-22)14-19(24)23-6-5-15-11-17(26-2)18(27-3)12-16(15)13-23/h11-12H,4-10,13-14H2,1-3H3. The lowest BCUT2D eigenvalue weighted by Gasteiger charge is -2.36. The van der Waals surface area contributed by atoms with Crippen molar-refractivity contribution in [3.63, 3.8) is 0 Å². The molecule has 0 atom stereocenters. The van der Waals surface area contributed by atoms with Gasteiger partial charge in [0.15, 0.2) is 11.5 Å². The molecule has 1 saturated heterocycles. The molecule has 2 aliphatic heterocycles. The number of ether oxygens (including phenoxy) is 3. The highest BCUT2D eigenvalue weighted by atomic mass is 16.6. The average Bonchev–Trinajstić information content (AvgIpc) is 2.72. The predicted octanol–water partition coefficient (Wildman–Crippen LogP) is 1.36. The number of hydrogen-bond donors (Lipinski definition) is 0. The first-order valence-electron chi connectivity index (χ1n) is 9.71. The van der Waals surface area contributed by atoms with Crippen molar-refractivity contribution in [2.45, 2.75) is 19.9 Å². The zero-order valence-electron chi connectivity index (χ0n) is 16.9. The smallest absolute Gasteiger partial charge is 0.409 e. The average molecular weight is 391 g/mol. The molecule has 2 aliphatic rings. The summed E-state index contributed by atoms with van der Waals surface area (Å²) in [5.74, 6) is 1.52. The maximum atomic E-state index is 12.8. The van der Waals surface area contributed by atoms with E-state index < -0.39 is 0 Å². The zero-order chi connectivity index (χ0) is 20.1. The molecule has 154 valence electrons. The van der Waals surface area contributed by atoms with Crippen LogP contribution in [0, 0.1) is 0 Å². The first kappa shape index (κ1) is 20.3. The highest BCUT2D eigenvalue weighted by Gasteiger charge is 2.27. The molecular weight excluding hydrogens is 362 g/mol. The molecule has 1 fully saturated rings. The molecule has 1 aromatic carbocycles. The van der Waals surface area contributed by atoms with Gasteiger partial charge in [0.1, 0.15) is 0 Å². The number of hydrogen-bond acceptors (Lipinski definition) is 6. The lowest BCUT2D eigenvalue weighted by atomic mass is 9.98. The minimum Gasteiger partial charge on any atom is -0.493 e. The Kier molecular flexibility index (Phi) is 6.61. The zero-order valence-corrected chi connectivity index (χ0v) is 16.9. The summed E-state index contributed by atoms with van der Waals surface area (Å²) in [5, 5.41) is 0. The third-order valence-corrected chi connectivity index (χ3v) is 5.33. The molecule has 0 unspecified atom stereocenters. The van der Waals surface area contributed by atoms with Gasteiger partial charge in [-0.05, 0) is 36.6 Å². The Balaban J connectivity index is 1.55. The fraction of sp³-hybridized carbons (Fsp3) is 0.600. The van der Waals surface area contributed by atoms with E-state index in [-0.39, 0.29) is 12.0 Å². The van der Waals surface area contributed by atoms with E-state index >= 15 is 0 Å². The molecule has 2 amide bonds. The van der Waals surface area contributed by atoms with Gasteiger partial charge in [-0.1, -0.05) is 0 Å². The van der Waals surface area contributed by atoms with Crippen LogP contribution < -0.4 is 9.47 Å². The summed E-state index contributed by atoms with van der Waals surface area (Å²) in [4.78, 5) is 30.3. The second kappa shape index (κ2) is 9.14. The summed E-state index contributed by atoms with van der Waals surface area (Å²) in [7, 11) is 3.25. The van der Waals surface area contributed by atoms with Crippen LogP contribution in [0.2, 0.25) is 0 Å². The van der Waals surface area contributed by atoms with Crippen molar-refractivity contribution in [1.29, 1.82) is 0 Å². The van der Waals surface area contributed by atoms with Crippen LogP contribution >= 0.6 is 0 Å². The number of amides is 2. The van der Waals surface area contributed by atoms with E-state index in [0.29, 0.717) is 58.2 Å². The Morgan fingerprint density at radius 1 is 0.929 bits per heavy atom. The van der Waals surface area contributed by atoms with Crippen LogP contribution in [-0.4, -0.2) is 86.8 Å². The summed E-state index contributed by atoms with van der Waals surface area (Å²) in [6.07, 6.45) is 0.531. The molecule has 1 aromatic rings. The number of carbonyl (C=O) groups excluding carboxylic acids is 2. The van der Waals surface area contributed by atoms with Crippen LogP contribution in [0.1, 0.15) is 18.1 Å². The molecule has 0 N–H and O–H groups in total. The molecule has 0 bridgehead atoms. The molecule has 0 saturated carbocycles. The highest BCUT2D eigenvalue weighted by Crippen LogP contribution is 2.33. The summed E-state index contributed by atoms with van der Waals surface area (Å²) in [6.45, 7) is 6.37. The van der Waals surface area contributed by atoms with Crippen molar-refractivity contribution in [1.82, 2.24) is 14.7 Å². The monoisotopic (exact) mass is 391 g/mol. The second-order valence-corrected chi connectivity index (χ2v) is 7.00. The van der Waals surface area contributed by atoms with Gasteiger partial charge < -0.3 is 24.0 Å². The lowest BCUT2D eigenvalue weighted by Crippen LogP contribution is -2.52. The highest BCUT2D eigenvalue weighted by molar-refractivity contribution is 5.78. The minimum absolute atomic E-state index is 0.116. The largest absolute Gasteiger partial charge is 0.493 e. The number of piperazine rings is 1. The number of methoxy groups -OCH3 is 2. The van der Waals surface area contributed by atoms with E-state index in [1.165, 1.54) is 5.56 Å². The predicted molar refractivity (Wildman–Crippen MR) is 104 cm³/mol. The summed E-state index contributed by atoms with van der Waals surface area (Å²) < 4.78 is 15.8. The van der Waals surface area contributed by atoms with Crippen molar-refractivity contribution in [3.8, 4) is 11.5 Å². The van der Waals surface area contributed by atoms with Crippen LogP contribution in [0.4, 0.5) is 4.79 Å². The number of carbonyl (C=O) groups is 2. The maximum Gasteiger partial charge on any atom is 0.409 e. The lowest BCUT2D eigenvalue weighted by molar-refractivity contribution is -0.133. The minimum atomic E-state index is -0.273. The first-order valence-corrected chi connectivity index (χ1v) is 9.71. The summed E-state index contributed by atoms with van der Waals surface area (Å²) in [5.41, 5.74) is 2.30. The second-order valence-electron chi connectivity index (χ2n) is 7.00. The fourth-order valence-electron chi connectivity index (χ4n) is 3.69. The van der Waals surface area contributed by atoms with Gasteiger partial charge in [0.05, 0.1) is 27.4 Å². The van der Waals surface area contributed by atoms with E-state index in [4.69, 9.17) is 14.2 Å². The molecule has 0 aromatic heterocycles. The Hall–Kier alpha value is -2.48. The Bertz CT molecular complexity index is 716. The van der Waals surface area contributed by atoms with Gasteiger partial charge >= 0.3 is 6.09 Å². The quantitative estimate of drug-likeness (QED) is 0.755. The van der Waals surface area contributed by atoms with E-state index in [0.717, 1.165) is 17.7 Å². The molecule has 8 nitrogen and oxygen atoms in total. The van der Waals surface area contributed by atoms with Gasteiger partial charge in [-0.25, -0.2) is 4.79 Å². The Labute approximate surface area is 165 Å². The van der Waals surface area contributed by atoms with E-state index in [1.807, 2.05) is 17.0 Å². The molecule has 2 heterocycles. The van der Waals surface area contributed by atoms with Gasteiger partial charge in [-0.15, -0.1) is 0 Å². The molecule has 0 aliphatic carbocycles. The molecule has 0 radical (unpaired) electrons. The van der Waals surface area contributed by atoms with Gasteiger partial charge in [0, 0.05) is 39.3 Å². The third-order valence-electron chi connectivity index (χ3n) is 5.33. The van der Waals surface area contributed by atoms with Crippen molar-refractivity contribution in [3.05, 3.63) is 23.3 Å². The summed E-state index contributed by atoms with van der Waals surface area (Å²) >= 11 is 0. The molecule has 0 spiro atoms. The van der Waals surface area contributed by atoms with Crippen molar-refractivity contribution >= 4 is 12.0 Å². The van der Waals surface area contributed by atoms with Gasteiger partial charge in [0.25, 0.3) is 0 Å². The Morgan fingerprint density at radius 3 is 2.18 bits per heavy atom. The van der Waals surface area contributed by atoms with E-state index in [9.17, 15) is 9.59 Å². The van der Waals surface area contributed by atoms with Gasteiger partial charge in [-0.3, -0.25) is 9.69 Å². The Morgan fingerprint density at radius 2 is 1.57 bits per heavy atom. The van der Waals surface area contributed by atoms with Crippen LogP contribution in [-0.2, 0) is 22.5 Å². The number of rotatable bonds is 5. The van der Waals surface area contributed by atoms with Crippen molar-refractivity contribution < 1.29 is 23.8 Å². The van der Waals surface area contributed by atoms with Gasteiger partial charge in [-0.2, -0.15) is 0 Å². The molecular formula is C20H29N3O5. The number of nitrogens with zero attached hydrogens (tertiary/aromatic N) is 3. The molecule has 3 rings (SSSR count). The molecule has 28 heavy (non-hydrogen) atoms. The maximum absolute atomic E-state index is 12.8.